The summed E-state index contributed by atoms with van der Waals surface area (Å²) in [5, 5.41) is 5.47. The highest BCUT2D eigenvalue weighted by molar-refractivity contribution is 6.00. The van der Waals surface area contributed by atoms with Crippen molar-refractivity contribution in [3.63, 3.8) is 0 Å². The lowest BCUT2D eigenvalue weighted by atomic mass is 9.73. The van der Waals surface area contributed by atoms with Gasteiger partial charge in [0.2, 0.25) is 11.8 Å². The lowest BCUT2D eigenvalue weighted by Crippen LogP contribution is -2.47. The summed E-state index contributed by atoms with van der Waals surface area (Å²) in [6, 6.07) is 15.4. The van der Waals surface area contributed by atoms with Crippen molar-refractivity contribution in [3.05, 3.63) is 59.7 Å². The zero-order chi connectivity index (χ0) is 28.9. The lowest BCUT2D eigenvalue weighted by molar-refractivity contribution is -0.141. The molecule has 8 heteroatoms. The predicted octanol–water partition coefficient (Wildman–Crippen LogP) is 6.35. The normalized spacial score (nSPS) is 19.4. The van der Waals surface area contributed by atoms with Crippen molar-refractivity contribution in [2.75, 3.05) is 26.2 Å². The standard InChI is InChI=1S/C33H42F3N3O2/c34-33(35,36)23-37-31(41)32(28-14-6-4-12-26(28)27-13-5-7-15-29(27)32)18-8-9-19-39-20-16-25(17-21-39)38-30(40)22-24-10-2-1-3-11-24/h4-7,12-15,24-25H,1-3,8-11,16-23H2,(H,37,41)(H,38,40). The van der Waals surface area contributed by atoms with Gasteiger partial charge in [0, 0.05) is 25.6 Å². The molecule has 2 N–H and O–H groups in total. The van der Waals surface area contributed by atoms with Crippen LogP contribution in [0.5, 0.6) is 0 Å². The van der Waals surface area contributed by atoms with Crippen molar-refractivity contribution in [2.24, 2.45) is 5.92 Å². The molecule has 0 bridgehead atoms. The quantitative estimate of drug-likeness (QED) is 0.328. The van der Waals surface area contributed by atoms with Gasteiger partial charge in [0.05, 0.1) is 0 Å². The number of amides is 2. The van der Waals surface area contributed by atoms with E-state index in [-0.39, 0.29) is 11.9 Å². The van der Waals surface area contributed by atoms with Crippen LogP contribution in [0.4, 0.5) is 13.2 Å². The summed E-state index contributed by atoms with van der Waals surface area (Å²) in [6.45, 7) is 1.35. The third kappa shape index (κ3) is 6.96. The minimum Gasteiger partial charge on any atom is -0.353 e. The molecule has 2 fully saturated rings. The number of carbonyl (C=O) groups excluding carboxylic acids is 2. The van der Waals surface area contributed by atoms with E-state index in [1.165, 1.54) is 32.1 Å². The zero-order valence-corrected chi connectivity index (χ0v) is 23.8. The molecule has 0 spiro atoms. The number of nitrogens with one attached hydrogen (secondary N) is 2. The Kier molecular flexibility index (Phi) is 9.37. The fourth-order valence-electron chi connectivity index (χ4n) is 7.25. The van der Waals surface area contributed by atoms with Crippen LogP contribution in [-0.2, 0) is 15.0 Å². The molecule has 2 aromatic carbocycles. The van der Waals surface area contributed by atoms with Crippen LogP contribution < -0.4 is 10.6 Å². The van der Waals surface area contributed by atoms with Gasteiger partial charge in [0.25, 0.3) is 0 Å². The Balaban J connectivity index is 1.16. The van der Waals surface area contributed by atoms with Crippen molar-refractivity contribution in [1.82, 2.24) is 15.5 Å². The second kappa shape index (κ2) is 13.0. The Morgan fingerprint density at radius 3 is 2.07 bits per heavy atom. The molecule has 2 amide bonds. The second-order valence-electron chi connectivity index (χ2n) is 12.1. The van der Waals surface area contributed by atoms with Crippen molar-refractivity contribution in [1.29, 1.82) is 0 Å². The minimum atomic E-state index is -4.48. The summed E-state index contributed by atoms with van der Waals surface area (Å²) in [4.78, 5) is 28.6. The van der Waals surface area contributed by atoms with E-state index in [2.05, 4.69) is 15.5 Å². The molecular weight excluding hydrogens is 527 g/mol. The average molecular weight is 570 g/mol. The number of halogens is 3. The molecule has 0 radical (unpaired) electrons. The number of alkyl halides is 3. The molecule has 1 saturated carbocycles. The molecule has 1 saturated heterocycles. The van der Waals surface area contributed by atoms with E-state index in [4.69, 9.17) is 0 Å². The fourth-order valence-corrected chi connectivity index (χ4v) is 7.25. The largest absolute Gasteiger partial charge is 0.405 e. The van der Waals surface area contributed by atoms with Crippen molar-refractivity contribution in [3.8, 4) is 11.1 Å². The summed E-state index contributed by atoms with van der Waals surface area (Å²) < 4.78 is 39.3. The molecule has 222 valence electrons. The van der Waals surface area contributed by atoms with Gasteiger partial charge >= 0.3 is 6.18 Å². The van der Waals surface area contributed by atoms with Gasteiger partial charge < -0.3 is 15.5 Å². The first-order valence-electron chi connectivity index (χ1n) is 15.3. The summed E-state index contributed by atoms with van der Waals surface area (Å²) in [6.07, 6.45) is 6.17. The van der Waals surface area contributed by atoms with Crippen LogP contribution in [0.15, 0.2) is 48.5 Å². The highest BCUT2D eigenvalue weighted by Gasteiger charge is 2.49. The van der Waals surface area contributed by atoms with Gasteiger partial charge in [-0.15, -0.1) is 0 Å². The van der Waals surface area contributed by atoms with Gasteiger partial charge in [-0.3, -0.25) is 9.59 Å². The summed E-state index contributed by atoms with van der Waals surface area (Å²) in [5.74, 6) is 0.153. The minimum absolute atomic E-state index is 0.196. The fraction of sp³-hybridized carbons (Fsp3) is 0.576. The molecule has 0 unspecified atom stereocenters. The Morgan fingerprint density at radius 1 is 0.854 bits per heavy atom. The van der Waals surface area contributed by atoms with Crippen LogP contribution >= 0.6 is 0 Å². The van der Waals surface area contributed by atoms with Crippen molar-refractivity contribution >= 4 is 11.8 Å². The SMILES string of the molecule is O=C(CC1CCCCC1)NC1CCN(CCCCC2(C(=O)NCC(F)(F)F)c3ccccc3-c3ccccc32)CC1. The zero-order valence-electron chi connectivity index (χ0n) is 23.8. The smallest absolute Gasteiger partial charge is 0.353 e. The molecule has 1 heterocycles. The number of benzene rings is 2. The lowest BCUT2D eigenvalue weighted by Gasteiger charge is -2.34. The Morgan fingerprint density at radius 2 is 1.46 bits per heavy atom. The molecular formula is C33H42F3N3O2. The third-order valence-corrected chi connectivity index (χ3v) is 9.33. The monoisotopic (exact) mass is 569 g/mol. The van der Waals surface area contributed by atoms with Crippen LogP contribution in [0.25, 0.3) is 11.1 Å². The van der Waals surface area contributed by atoms with Crippen LogP contribution in [0.3, 0.4) is 0 Å². The van der Waals surface area contributed by atoms with Gasteiger partial charge in [-0.25, -0.2) is 0 Å². The van der Waals surface area contributed by atoms with Gasteiger partial charge in [0.1, 0.15) is 12.0 Å². The highest BCUT2D eigenvalue weighted by Crippen LogP contribution is 2.51. The number of nitrogens with zero attached hydrogens (tertiary/aromatic N) is 1. The number of hydrogen-bond acceptors (Lipinski definition) is 3. The first-order chi connectivity index (χ1) is 19.8. The Labute approximate surface area is 241 Å². The van der Waals surface area contributed by atoms with Gasteiger partial charge in [-0.1, -0.05) is 74.2 Å². The van der Waals surface area contributed by atoms with Crippen molar-refractivity contribution in [2.45, 2.75) is 88.3 Å². The number of carbonyl (C=O) groups is 2. The number of piperidine rings is 1. The molecule has 41 heavy (non-hydrogen) atoms. The molecule has 0 atom stereocenters. The number of hydrogen-bond donors (Lipinski definition) is 2. The molecule has 3 aliphatic rings. The first kappa shape index (κ1) is 29.6. The van der Waals surface area contributed by atoms with E-state index in [1.54, 1.807) is 0 Å². The summed E-state index contributed by atoms with van der Waals surface area (Å²) in [7, 11) is 0. The van der Waals surface area contributed by atoms with Crippen LogP contribution in [0.1, 0.15) is 81.8 Å². The van der Waals surface area contributed by atoms with E-state index in [9.17, 15) is 22.8 Å². The number of rotatable bonds is 10. The maximum atomic E-state index is 13.6. The molecule has 2 aromatic rings. The maximum absolute atomic E-state index is 13.6. The number of fused-ring (bicyclic) bond motifs is 3. The highest BCUT2D eigenvalue weighted by atomic mass is 19.4. The van der Waals surface area contributed by atoms with Crippen LogP contribution in [0.2, 0.25) is 0 Å². The van der Waals surface area contributed by atoms with E-state index in [0.717, 1.165) is 61.2 Å². The van der Waals surface area contributed by atoms with E-state index in [1.807, 2.05) is 48.5 Å². The van der Waals surface area contributed by atoms with Crippen molar-refractivity contribution < 1.29 is 22.8 Å². The Hall–Kier alpha value is -2.87. The summed E-state index contributed by atoms with van der Waals surface area (Å²) >= 11 is 0. The van der Waals surface area contributed by atoms with Gasteiger partial charge in [0.15, 0.2) is 0 Å². The maximum Gasteiger partial charge on any atom is 0.405 e. The number of unbranched alkanes of at least 4 members (excludes halogenated alkanes) is 1. The topological polar surface area (TPSA) is 61.4 Å². The van der Waals surface area contributed by atoms with Crippen LogP contribution in [-0.4, -0.2) is 55.1 Å². The molecule has 5 nitrogen and oxygen atoms in total. The molecule has 2 aliphatic carbocycles. The summed E-state index contributed by atoms with van der Waals surface area (Å²) in [5.41, 5.74) is 2.25. The van der Waals surface area contributed by atoms with Gasteiger partial charge in [-0.2, -0.15) is 13.2 Å². The third-order valence-electron chi connectivity index (χ3n) is 9.33. The Bertz CT molecular complexity index is 1150. The molecule has 0 aromatic heterocycles. The van der Waals surface area contributed by atoms with E-state index >= 15 is 0 Å². The van der Waals surface area contributed by atoms with Crippen LogP contribution in [0, 0.1) is 5.92 Å². The first-order valence-corrected chi connectivity index (χ1v) is 15.3. The molecule has 1 aliphatic heterocycles. The van der Waals surface area contributed by atoms with E-state index in [0.29, 0.717) is 25.2 Å². The van der Waals surface area contributed by atoms with E-state index < -0.39 is 24.0 Å². The second-order valence-corrected chi connectivity index (χ2v) is 12.1. The molecule has 5 rings (SSSR count). The predicted molar refractivity (Wildman–Crippen MR) is 154 cm³/mol. The average Bonchev–Trinajstić information content (AvgIpc) is 3.26. The van der Waals surface area contributed by atoms with Gasteiger partial charge in [-0.05, 0) is 73.2 Å². The number of likely N-dealkylation sites (tertiary alicyclic amines) is 1.